The topological polar surface area (TPSA) is 49.4 Å². The van der Waals surface area contributed by atoms with Crippen LogP contribution in [0, 0.1) is 5.82 Å². The molecule has 1 N–H and O–H groups in total. The molecule has 28 heavy (non-hydrogen) atoms. The van der Waals surface area contributed by atoms with Crippen molar-refractivity contribution in [1.29, 1.82) is 0 Å². The molecule has 0 aliphatic carbocycles. The molecular weight excluding hydrogens is 402 g/mol. The maximum Gasteiger partial charge on any atom is 0.242 e. The summed E-state index contributed by atoms with van der Waals surface area (Å²) in [6, 6.07) is 10.3. The summed E-state index contributed by atoms with van der Waals surface area (Å²) in [6.45, 7) is 5.24. The van der Waals surface area contributed by atoms with Crippen LogP contribution in [-0.2, 0) is 22.6 Å². The largest absolute Gasteiger partial charge is 0.352 e. The smallest absolute Gasteiger partial charge is 0.242 e. The van der Waals surface area contributed by atoms with Crippen molar-refractivity contribution in [2.24, 2.45) is 0 Å². The third-order valence-corrected chi connectivity index (χ3v) is 4.99. The van der Waals surface area contributed by atoms with Crippen LogP contribution in [0.2, 0.25) is 10.0 Å². The molecular formula is C21H23Cl2FN2O2. The molecule has 7 heteroatoms. The summed E-state index contributed by atoms with van der Waals surface area (Å²) in [5.74, 6) is -1.12. The average molecular weight is 425 g/mol. The Morgan fingerprint density at radius 2 is 1.64 bits per heavy atom. The Hall–Kier alpha value is -2.11. The average Bonchev–Trinajstić information content (AvgIpc) is 2.63. The summed E-state index contributed by atoms with van der Waals surface area (Å²) in [4.78, 5) is 26.9. The summed E-state index contributed by atoms with van der Waals surface area (Å²) < 4.78 is 14.2. The monoisotopic (exact) mass is 424 g/mol. The van der Waals surface area contributed by atoms with Gasteiger partial charge >= 0.3 is 0 Å². The fraction of sp³-hybridized carbons (Fsp3) is 0.333. The molecule has 0 saturated heterocycles. The quantitative estimate of drug-likeness (QED) is 0.704. The van der Waals surface area contributed by atoms with Crippen molar-refractivity contribution < 1.29 is 14.0 Å². The van der Waals surface area contributed by atoms with Gasteiger partial charge in [-0.25, -0.2) is 4.39 Å². The highest BCUT2D eigenvalue weighted by molar-refractivity contribution is 6.36. The first-order chi connectivity index (χ1) is 13.2. The molecule has 0 heterocycles. The van der Waals surface area contributed by atoms with Crippen LogP contribution in [0.25, 0.3) is 0 Å². The Labute approximate surface area is 174 Å². The van der Waals surface area contributed by atoms with Crippen LogP contribution < -0.4 is 5.32 Å². The first kappa shape index (κ1) is 22.2. The molecule has 0 spiro atoms. The molecule has 150 valence electrons. The molecule has 2 aromatic rings. The minimum atomic E-state index is -0.796. The van der Waals surface area contributed by atoms with E-state index in [9.17, 15) is 14.0 Å². The number of benzene rings is 2. The zero-order valence-electron chi connectivity index (χ0n) is 16.0. The molecule has 0 aliphatic heterocycles. The Morgan fingerprint density at radius 1 is 1.04 bits per heavy atom. The van der Waals surface area contributed by atoms with Crippen LogP contribution in [0.1, 0.15) is 31.9 Å². The molecule has 0 aliphatic rings. The van der Waals surface area contributed by atoms with Crippen LogP contribution in [-0.4, -0.2) is 28.8 Å². The first-order valence-electron chi connectivity index (χ1n) is 8.96. The number of amides is 2. The van der Waals surface area contributed by atoms with Gasteiger partial charge in [-0.2, -0.15) is 0 Å². The van der Waals surface area contributed by atoms with E-state index in [2.05, 4.69) is 5.32 Å². The van der Waals surface area contributed by atoms with Gasteiger partial charge in [-0.1, -0.05) is 47.5 Å². The maximum atomic E-state index is 14.2. The fourth-order valence-electron chi connectivity index (χ4n) is 2.75. The molecule has 2 aromatic carbocycles. The highest BCUT2D eigenvalue weighted by Crippen LogP contribution is 2.26. The summed E-state index contributed by atoms with van der Waals surface area (Å²) in [6.07, 6.45) is -0.0910. The number of nitrogens with zero attached hydrogens (tertiary/aromatic N) is 1. The number of carbonyl (C=O) groups excluding carboxylic acids is 2. The van der Waals surface area contributed by atoms with Crippen LogP contribution in [0.3, 0.4) is 0 Å². The molecule has 0 fully saturated rings. The Bertz CT molecular complexity index is 838. The number of hydrogen-bond donors (Lipinski definition) is 1. The second-order valence-electron chi connectivity index (χ2n) is 6.83. The minimum absolute atomic E-state index is 0.0414. The second kappa shape index (κ2) is 9.89. The minimum Gasteiger partial charge on any atom is -0.352 e. The van der Waals surface area contributed by atoms with Gasteiger partial charge in [0.25, 0.3) is 0 Å². The van der Waals surface area contributed by atoms with Gasteiger partial charge in [0.1, 0.15) is 11.9 Å². The summed E-state index contributed by atoms with van der Waals surface area (Å²) in [7, 11) is 0. The van der Waals surface area contributed by atoms with Crippen LogP contribution in [0.4, 0.5) is 4.39 Å². The SMILES string of the molecule is CC(C)NC(=O)[C@@H](C)N(Cc1ccccc1F)C(=O)Cc1c(Cl)cccc1Cl. The van der Waals surface area contributed by atoms with Crippen molar-refractivity contribution in [3.8, 4) is 0 Å². The summed E-state index contributed by atoms with van der Waals surface area (Å²) in [5, 5.41) is 3.52. The van der Waals surface area contributed by atoms with Gasteiger partial charge in [-0.05, 0) is 44.5 Å². The van der Waals surface area contributed by atoms with Crippen molar-refractivity contribution in [2.45, 2.75) is 45.8 Å². The van der Waals surface area contributed by atoms with Gasteiger partial charge in [0, 0.05) is 28.2 Å². The zero-order chi connectivity index (χ0) is 20.8. The predicted molar refractivity (Wildman–Crippen MR) is 110 cm³/mol. The lowest BCUT2D eigenvalue weighted by Gasteiger charge is -2.29. The first-order valence-corrected chi connectivity index (χ1v) is 9.72. The lowest BCUT2D eigenvalue weighted by molar-refractivity contribution is -0.140. The molecule has 0 radical (unpaired) electrons. The second-order valence-corrected chi connectivity index (χ2v) is 7.64. The molecule has 0 unspecified atom stereocenters. The van der Waals surface area contributed by atoms with Crippen molar-refractivity contribution in [3.05, 3.63) is 69.5 Å². The Morgan fingerprint density at radius 3 is 2.21 bits per heavy atom. The fourth-order valence-corrected chi connectivity index (χ4v) is 3.28. The lowest BCUT2D eigenvalue weighted by atomic mass is 10.1. The van der Waals surface area contributed by atoms with Gasteiger partial charge < -0.3 is 10.2 Å². The summed E-state index contributed by atoms with van der Waals surface area (Å²) in [5.41, 5.74) is 0.802. The number of nitrogens with one attached hydrogen (secondary N) is 1. The van der Waals surface area contributed by atoms with Crippen LogP contribution >= 0.6 is 23.2 Å². The van der Waals surface area contributed by atoms with Gasteiger partial charge in [0.2, 0.25) is 11.8 Å². The van der Waals surface area contributed by atoms with E-state index in [1.54, 1.807) is 43.3 Å². The number of rotatable bonds is 7. The third-order valence-electron chi connectivity index (χ3n) is 4.29. The van der Waals surface area contributed by atoms with E-state index in [4.69, 9.17) is 23.2 Å². The van der Waals surface area contributed by atoms with E-state index in [1.807, 2.05) is 13.8 Å². The van der Waals surface area contributed by atoms with Crippen molar-refractivity contribution >= 4 is 35.0 Å². The Kier molecular flexibility index (Phi) is 7.84. The van der Waals surface area contributed by atoms with E-state index in [-0.39, 0.29) is 30.8 Å². The molecule has 0 saturated carbocycles. The van der Waals surface area contributed by atoms with Crippen LogP contribution in [0.5, 0.6) is 0 Å². The number of halogens is 3. The lowest BCUT2D eigenvalue weighted by Crippen LogP contribution is -2.49. The highest BCUT2D eigenvalue weighted by Gasteiger charge is 2.28. The van der Waals surface area contributed by atoms with Gasteiger partial charge in [0.15, 0.2) is 0 Å². The molecule has 0 bridgehead atoms. The van der Waals surface area contributed by atoms with Crippen LogP contribution in [0.15, 0.2) is 42.5 Å². The van der Waals surface area contributed by atoms with E-state index in [0.29, 0.717) is 21.2 Å². The maximum absolute atomic E-state index is 14.2. The molecule has 4 nitrogen and oxygen atoms in total. The van der Waals surface area contributed by atoms with Gasteiger partial charge in [0.05, 0.1) is 6.42 Å². The van der Waals surface area contributed by atoms with Gasteiger partial charge in [-0.3, -0.25) is 9.59 Å². The van der Waals surface area contributed by atoms with E-state index < -0.39 is 11.9 Å². The van der Waals surface area contributed by atoms with Crippen molar-refractivity contribution in [3.63, 3.8) is 0 Å². The van der Waals surface area contributed by atoms with Gasteiger partial charge in [-0.15, -0.1) is 0 Å². The van der Waals surface area contributed by atoms with Crippen molar-refractivity contribution in [2.75, 3.05) is 0 Å². The van der Waals surface area contributed by atoms with Crippen molar-refractivity contribution in [1.82, 2.24) is 10.2 Å². The zero-order valence-corrected chi connectivity index (χ0v) is 17.5. The normalized spacial score (nSPS) is 12.0. The van der Waals surface area contributed by atoms with E-state index in [0.717, 1.165) is 0 Å². The molecule has 2 rings (SSSR count). The standard InChI is InChI=1S/C21H23Cl2FN2O2/c1-13(2)25-21(28)14(3)26(12-15-7-4-5-10-19(15)24)20(27)11-16-17(22)8-6-9-18(16)23/h4-10,13-14H,11-12H2,1-3H3,(H,25,28)/t14-/m1/s1. The third kappa shape index (κ3) is 5.69. The number of carbonyl (C=O) groups is 2. The summed E-state index contributed by atoms with van der Waals surface area (Å²) >= 11 is 12.4. The molecule has 2 amide bonds. The highest BCUT2D eigenvalue weighted by atomic mass is 35.5. The molecule has 1 atom stereocenters. The number of hydrogen-bond acceptors (Lipinski definition) is 2. The Balaban J connectivity index is 2.32. The van der Waals surface area contributed by atoms with E-state index in [1.165, 1.54) is 11.0 Å². The molecule has 0 aromatic heterocycles. The predicted octanol–water partition coefficient (Wildman–Crippen LogP) is 4.62. The van der Waals surface area contributed by atoms with E-state index >= 15 is 0 Å².